The van der Waals surface area contributed by atoms with Gasteiger partial charge in [0.2, 0.25) is 0 Å². The normalized spacial score (nSPS) is 12.3. The molecule has 1 amide bonds. The summed E-state index contributed by atoms with van der Waals surface area (Å²) in [6.07, 6.45) is 12.5. The zero-order valence-corrected chi connectivity index (χ0v) is 33.4. The van der Waals surface area contributed by atoms with Crippen LogP contribution in [0.1, 0.15) is 136 Å². The summed E-state index contributed by atoms with van der Waals surface area (Å²) in [5.74, 6) is -1.32. The number of carbonyl (C=O) groups is 5. The molecule has 13 nitrogen and oxygen atoms in total. The Morgan fingerprint density at radius 3 is 1.35 bits per heavy atom. The SMILES string of the molecule is CCCCCCCCC(=O)OCC(CO)OC(=O)CCCN(CCCC(=O)OC(CO)COC(=O)CCCCCCCC)C(=O)SCCCN(C)C. The van der Waals surface area contributed by atoms with E-state index in [2.05, 4.69) is 13.8 Å². The Kier molecular flexibility index (Phi) is 32.8. The average Bonchev–Trinajstić information content (AvgIpc) is 3.12. The Morgan fingerprint density at radius 1 is 0.538 bits per heavy atom. The van der Waals surface area contributed by atoms with Crippen molar-refractivity contribution >= 4 is 40.9 Å². The first-order chi connectivity index (χ1) is 25.1. The van der Waals surface area contributed by atoms with E-state index in [4.69, 9.17) is 18.9 Å². The minimum atomic E-state index is -0.969. The Bertz CT molecular complexity index is 894. The molecule has 2 N–H and O–H groups in total. The molecule has 0 aliphatic heterocycles. The van der Waals surface area contributed by atoms with Crippen molar-refractivity contribution in [1.29, 1.82) is 0 Å². The molecule has 0 aromatic carbocycles. The highest BCUT2D eigenvalue weighted by molar-refractivity contribution is 8.13. The largest absolute Gasteiger partial charge is 0.462 e. The number of nitrogens with zero attached hydrogens (tertiary/aromatic N) is 2. The first kappa shape index (κ1) is 49.6. The predicted molar refractivity (Wildman–Crippen MR) is 203 cm³/mol. The second-order valence-electron chi connectivity index (χ2n) is 13.5. The van der Waals surface area contributed by atoms with Gasteiger partial charge >= 0.3 is 23.9 Å². The maximum absolute atomic E-state index is 13.0. The van der Waals surface area contributed by atoms with Crippen molar-refractivity contribution in [2.24, 2.45) is 0 Å². The number of unbranched alkanes of at least 4 members (excludes halogenated alkanes) is 10. The highest BCUT2D eigenvalue weighted by Gasteiger charge is 2.20. The van der Waals surface area contributed by atoms with E-state index in [0.29, 0.717) is 18.6 Å². The van der Waals surface area contributed by atoms with E-state index >= 15 is 0 Å². The molecule has 0 saturated carbocycles. The van der Waals surface area contributed by atoms with Crippen molar-refractivity contribution in [2.45, 2.75) is 148 Å². The summed E-state index contributed by atoms with van der Waals surface area (Å²) in [7, 11) is 3.92. The Labute approximate surface area is 317 Å². The van der Waals surface area contributed by atoms with Gasteiger partial charge < -0.3 is 39.0 Å². The summed E-state index contributed by atoms with van der Waals surface area (Å²) < 4.78 is 21.0. The molecule has 52 heavy (non-hydrogen) atoms. The van der Waals surface area contributed by atoms with Crippen LogP contribution in [-0.2, 0) is 38.1 Å². The number of thioether (sulfide) groups is 1. The molecule has 0 aliphatic carbocycles. The number of esters is 4. The van der Waals surface area contributed by atoms with Gasteiger partial charge in [-0.25, -0.2) is 0 Å². The maximum atomic E-state index is 13.0. The van der Waals surface area contributed by atoms with Crippen LogP contribution in [0.25, 0.3) is 0 Å². The molecule has 0 spiro atoms. The highest BCUT2D eigenvalue weighted by Crippen LogP contribution is 2.15. The number of aliphatic hydroxyl groups excluding tert-OH is 2. The van der Waals surface area contributed by atoms with Gasteiger partial charge in [0.25, 0.3) is 5.24 Å². The van der Waals surface area contributed by atoms with Gasteiger partial charge in [-0.05, 0) is 52.7 Å². The molecule has 2 atom stereocenters. The standard InChI is InChI=1S/C38H70N2O11S/c1-5-7-9-11-13-15-20-34(43)48-30-32(28-41)50-36(45)22-17-25-40(38(47)52-27-19-24-39(3)4)26-18-23-37(46)51-33(29-42)31-49-35(44)21-16-14-12-10-8-6-2/h32-33,41-42H,5-31H2,1-4H3. The van der Waals surface area contributed by atoms with E-state index in [-0.39, 0.29) is 69.2 Å². The lowest BCUT2D eigenvalue weighted by Crippen LogP contribution is -2.32. The average molecular weight is 763 g/mol. The molecule has 0 heterocycles. The van der Waals surface area contributed by atoms with Gasteiger partial charge in [-0.2, -0.15) is 0 Å². The van der Waals surface area contributed by atoms with Crippen molar-refractivity contribution in [3.05, 3.63) is 0 Å². The topological polar surface area (TPSA) is 169 Å². The van der Waals surface area contributed by atoms with Crippen molar-refractivity contribution < 1.29 is 53.1 Å². The fourth-order valence-electron chi connectivity index (χ4n) is 5.11. The fraction of sp³-hybridized carbons (Fsp3) is 0.868. The van der Waals surface area contributed by atoms with Crippen LogP contribution < -0.4 is 0 Å². The van der Waals surface area contributed by atoms with Crippen LogP contribution in [-0.4, -0.2) is 127 Å². The van der Waals surface area contributed by atoms with E-state index in [1.165, 1.54) is 24.6 Å². The third-order valence-corrected chi connectivity index (χ3v) is 9.18. The number of hydrogen-bond donors (Lipinski definition) is 2. The summed E-state index contributed by atoms with van der Waals surface area (Å²) in [5.41, 5.74) is 0. The van der Waals surface area contributed by atoms with Gasteiger partial charge in [-0.15, -0.1) is 0 Å². The molecule has 14 heteroatoms. The van der Waals surface area contributed by atoms with Gasteiger partial charge in [0.15, 0.2) is 12.2 Å². The smallest absolute Gasteiger partial charge is 0.306 e. The minimum Gasteiger partial charge on any atom is -0.462 e. The zero-order valence-electron chi connectivity index (χ0n) is 32.6. The molecule has 0 aromatic rings. The summed E-state index contributed by atoms with van der Waals surface area (Å²) >= 11 is 1.18. The molecule has 0 radical (unpaired) electrons. The lowest BCUT2D eigenvalue weighted by molar-refractivity contribution is -0.161. The third kappa shape index (κ3) is 30.1. The highest BCUT2D eigenvalue weighted by atomic mass is 32.2. The van der Waals surface area contributed by atoms with Gasteiger partial charge in [0.1, 0.15) is 13.2 Å². The molecule has 0 aromatic heterocycles. The summed E-state index contributed by atoms with van der Waals surface area (Å²) in [6.45, 7) is 4.20. The van der Waals surface area contributed by atoms with Crippen LogP contribution in [0.5, 0.6) is 0 Å². The number of aliphatic hydroxyl groups is 2. The van der Waals surface area contributed by atoms with E-state index < -0.39 is 37.4 Å². The second-order valence-corrected chi connectivity index (χ2v) is 14.5. The molecule has 0 aliphatic rings. The summed E-state index contributed by atoms with van der Waals surface area (Å²) in [6, 6.07) is 0. The quantitative estimate of drug-likeness (QED) is 0.0442. The molecule has 304 valence electrons. The number of amides is 1. The molecule has 0 fully saturated rings. The van der Waals surface area contributed by atoms with Crippen LogP contribution in [0.3, 0.4) is 0 Å². The van der Waals surface area contributed by atoms with E-state index in [1.54, 1.807) is 4.90 Å². The molecule has 0 rings (SSSR count). The van der Waals surface area contributed by atoms with Crippen LogP contribution in [0.15, 0.2) is 0 Å². The van der Waals surface area contributed by atoms with Crippen LogP contribution in [0.2, 0.25) is 0 Å². The monoisotopic (exact) mass is 762 g/mol. The number of ether oxygens (including phenoxy) is 4. The fourth-order valence-corrected chi connectivity index (χ4v) is 5.92. The molecule has 0 bridgehead atoms. The third-order valence-electron chi connectivity index (χ3n) is 8.18. The predicted octanol–water partition coefficient (Wildman–Crippen LogP) is 6.05. The molecule has 2 unspecified atom stereocenters. The summed E-state index contributed by atoms with van der Waals surface area (Å²) in [5, 5.41) is 19.1. The van der Waals surface area contributed by atoms with Gasteiger partial charge in [0.05, 0.1) is 13.2 Å². The van der Waals surface area contributed by atoms with E-state index in [9.17, 15) is 34.2 Å². The first-order valence-corrected chi connectivity index (χ1v) is 20.5. The maximum Gasteiger partial charge on any atom is 0.306 e. The van der Waals surface area contributed by atoms with Crippen LogP contribution >= 0.6 is 11.8 Å². The van der Waals surface area contributed by atoms with Gasteiger partial charge in [0, 0.05) is 44.5 Å². The van der Waals surface area contributed by atoms with Crippen molar-refractivity contribution in [3.8, 4) is 0 Å². The Balaban J connectivity index is 4.72. The van der Waals surface area contributed by atoms with Crippen LogP contribution in [0, 0.1) is 0 Å². The van der Waals surface area contributed by atoms with Crippen molar-refractivity contribution in [2.75, 3.05) is 65.9 Å². The molecule has 0 saturated heterocycles. The number of hydrogen-bond acceptors (Lipinski definition) is 13. The van der Waals surface area contributed by atoms with Gasteiger partial charge in [-0.3, -0.25) is 24.0 Å². The Morgan fingerprint density at radius 2 is 0.942 bits per heavy atom. The summed E-state index contributed by atoms with van der Waals surface area (Å²) in [4.78, 5) is 65.8. The lowest BCUT2D eigenvalue weighted by Gasteiger charge is -2.23. The molecular formula is C38H70N2O11S. The minimum absolute atomic E-state index is 0.0188. The first-order valence-electron chi connectivity index (χ1n) is 19.5. The van der Waals surface area contributed by atoms with E-state index in [0.717, 1.165) is 77.2 Å². The second kappa shape index (κ2) is 34.4. The number of rotatable bonds is 34. The number of carbonyl (C=O) groups excluding carboxylic acids is 5. The Hall–Kier alpha value is -2.42. The zero-order chi connectivity index (χ0) is 38.8. The van der Waals surface area contributed by atoms with Crippen molar-refractivity contribution in [3.63, 3.8) is 0 Å². The van der Waals surface area contributed by atoms with Gasteiger partial charge in [-0.1, -0.05) is 89.8 Å². The molecular weight excluding hydrogens is 692 g/mol. The van der Waals surface area contributed by atoms with Crippen LogP contribution in [0.4, 0.5) is 4.79 Å². The lowest BCUT2D eigenvalue weighted by atomic mass is 10.1. The van der Waals surface area contributed by atoms with Crippen molar-refractivity contribution in [1.82, 2.24) is 9.80 Å². The van der Waals surface area contributed by atoms with E-state index in [1.807, 2.05) is 19.0 Å².